The van der Waals surface area contributed by atoms with Crippen LogP contribution < -0.4 is 5.32 Å². The van der Waals surface area contributed by atoms with Crippen LogP contribution in [0.5, 0.6) is 0 Å². The summed E-state index contributed by atoms with van der Waals surface area (Å²) in [6, 6.07) is 3.49. The summed E-state index contributed by atoms with van der Waals surface area (Å²) in [5.74, 6) is 0.659. The van der Waals surface area contributed by atoms with E-state index in [2.05, 4.69) is 15.3 Å². The molecule has 0 saturated heterocycles. The lowest BCUT2D eigenvalue weighted by atomic mass is 10.4. The monoisotopic (exact) mass is 134 g/mol. The van der Waals surface area contributed by atoms with Gasteiger partial charge in [-0.3, -0.25) is 0 Å². The smallest absolute Gasteiger partial charge is 0.145 e. The van der Waals surface area contributed by atoms with Crippen LogP contribution in [-0.4, -0.2) is 17.0 Å². The number of anilines is 1. The molecule has 1 aromatic heterocycles. The van der Waals surface area contributed by atoms with E-state index in [4.69, 9.17) is 5.26 Å². The fourth-order valence-corrected chi connectivity index (χ4v) is 0.555. The van der Waals surface area contributed by atoms with Crippen molar-refractivity contribution in [2.45, 2.75) is 0 Å². The Kier molecular flexibility index (Phi) is 1.80. The summed E-state index contributed by atoms with van der Waals surface area (Å²) in [5, 5.41) is 11.2. The molecule has 0 aliphatic heterocycles. The van der Waals surface area contributed by atoms with Crippen LogP contribution in [0.1, 0.15) is 5.69 Å². The van der Waals surface area contributed by atoms with Crippen LogP contribution in [0.25, 0.3) is 0 Å². The molecular formula is C6H6N4. The van der Waals surface area contributed by atoms with E-state index in [0.717, 1.165) is 0 Å². The van der Waals surface area contributed by atoms with Crippen LogP contribution in [-0.2, 0) is 0 Å². The number of hydrogen-bond acceptors (Lipinski definition) is 4. The first kappa shape index (κ1) is 6.49. The van der Waals surface area contributed by atoms with Crippen LogP contribution in [0.15, 0.2) is 12.4 Å². The molecule has 0 atom stereocenters. The van der Waals surface area contributed by atoms with Gasteiger partial charge in [-0.25, -0.2) is 9.97 Å². The SMILES string of the molecule is CNc1cc(C#N)ncn1. The normalized spacial score (nSPS) is 8.40. The first-order chi connectivity index (χ1) is 4.86. The topological polar surface area (TPSA) is 61.6 Å². The minimum Gasteiger partial charge on any atom is -0.373 e. The van der Waals surface area contributed by atoms with Gasteiger partial charge in [-0.05, 0) is 0 Å². The number of nitrogens with zero attached hydrogens (tertiary/aromatic N) is 3. The van der Waals surface area contributed by atoms with E-state index in [1.807, 2.05) is 6.07 Å². The van der Waals surface area contributed by atoms with E-state index in [1.165, 1.54) is 6.33 Å². The molecule has 4 nitrogen and oxygen atoms in total. The summed E-state index contributed by atoms with van der Waals surface area (Å²) in [6.07, 6.45) is 1.35. The van der Waals surface area contributed by atoms with Crippen LogP contribution in [0.4, 0.5) is 5.82 Å². The molecule has 0 amide bonds. The molecule has 1 rings (SSSR count). The lowest BCUT2D eigenvalue weighted by molar-refractivity contribution is 1.13. The molecule has 0 bridgehead atoms. The maximum Gasteiger partial charge on any atom is 0.145 e. The van der Waals surface area contributed by atoms with Crippen molar-refractivity contribution >= 4 is 5.82 Å². The second-order valence-corrected chi connectivity index (χ2v) is 1.65. The molecule has 4 heteroatoms. The van der Waals surface area contributed by atoms with E-state index in [-0.39, 0.29) is 0 Å². The third-order valence-corrected chi connectivity index (χ3v) is 1.04. The Hall–Kier alpha value is -1.63. The summed E-state index contributed by atoms with van der Waals surface area (Å²) in [4.78, 5) is 7.53. The first-order valence-electron chi connectivity index (χ1n) is 2.76. The quantitative estimate of drug-likeness (QED) is 0.603. The zero-order valence-electron chi connectivity index (χ0n) is 5.50. The molecule has 0 aliphatic carbocycles. The third kappa shape index (κ3) is 1.20. The second kappa shape index (κ2) is 2.78. The molecule has 1 N–H and O–H groups in total. The van der Waals surface area contributed by atoms with Gasteiger partial charge >= 0.3 is 0 Å². The highest BCUT2D eigenvalue weighted by atomic mass is 15.0. The molecule has 0 aliphatic rings. The van der Waals surface area contributed by atoms with Gasteiger partial charge in [0.05, 0.1) is 0 Å². The van der Waals surface area contributed by atoms with Gasteiger partial charge < -0.3 is 5.32 Å². The molecule has 1 heterocycles. The summed E-state index contributed by atoms with van der Waals surface area (Å²) >= 11 is 0. The summed E-state index contributed by atoms with van der Waals surface area (Å²) in [7, 11) is 1.74. The van der Waals surface area contributed by atoms with Crippen molar-refractivity contribution in [2.75, 3.05) is 12.4 Å². The zero-order chi connectivity index (χ0) is 7.40. The highest BCUT2D eigenvalue weighted by Crippen LogP contribution is 1.99. The molecule has 10 heavy (non-hydrogen) atoms. The summed E-state index contributed by atoms with van der Waals surface area (Å²) in [6.45, 7) is 0. The molecule has 0 fully saturated rings. The molecule has 1 aromatic rings. The van der Waals surface area contributed by atoms with Crippen molar-refractivity contribution in [3.63, 3.8) is 0 Å². The molecular weight excluding hydrogens is 128 g/mol. The Morgan fingerprint density at radius 3 is 3.00 bits per heavy atom. The van der Waals surface area contributed by atoms with Crippen molar-refractivity contribution in [3.8, 4) is 6.07 Å². The highest BCUT2D eigenvalue weighted by molar-refractivity contribution is 5.37. The van der Waals surface area contributed by atoms with Crippen LogP contribution >= 0.6 is 0 Å². The predicted molar refractivity (Wildman–Crippen MR) is 36.3 cm³/mol. The Morgan fingerprint density at radius 2 is 2.40 bits per heavy atom. The molecule has 0 aromatic carbocycles. The summed E-state index contributed by atoms with van der Waals surface area (Å²) in [5.41, 5.74) is 0.374. The number of nitrogens with one attached hydrogen (secondary N) is 1. The van der Waals surface area contributed by atoms with Crippen molar-refractivity contribution in [1.82, 2.24) is 9.97 Å². The Bertz CT molecular complexity index is 263. The van der Waals surface area contributed by atoms with Crippen LogP contribution in [0, 0.1) is 11.3 Å². The van der Waals surface area contributed by atoms with Gasteiger partial charge in [-0.15, -0.1) is 0 Å². The minimum atomic E-state index is 0.374. The lowest BCUT2D eigenvalue weighted by Gasteiger charge is -1.94. The Labute approximate surface area is 58.5 Å². The number of rotatable bonds is 1. The second-order valence-electron chi connectivity index (χ2n) is 1.65. The minimum absolute atomic E-state index is 0.374. The van der Waals surface area contributed by atoms with E-state index < -0.39 is 0 Å². The Balaban J connectivity index is 3.01. The predicted octanol–water partition coefficient (Wildman–Crippen LogP) is 0.390. The van der Waals surface area contributed by atoms with E-state index in [1.54, 1.807) is 13.1 Å². The number of aromatic nitrogens is 2. The Morgan fingerprint density at radius 1 is 1.60 bits per heavy atom. The van der Waals surface area contributed by atoms with E-state index >= 15 is 0 Å². The highest BCUT2D eigenvalue weighted by Gasteiger charge is 1.92. The zero-order valence-corrected chi connectivity index (χ0v) is 5.50. The molecule has 0 unspecified atom stereocenters. The van der Waals surface area contributed by atoms with Gasteiger partial charge in [0.25, 0.3) is 0 Å². The van der Waals surface area contributed by atoms with Crippen molar-refractivity contribution in [2.24, 2.45) is 0 Å². The lowest BCUT2D eigenvalue weighted by Crippen LogP contribution is -1.93. The number of nitriles is 1. The summed E-state index contributed by atoms with van der Waals surface area (Å²) < 4.78 is 0. The molecule has 0 saturated carbocycles. The van der Waals surface area contributed by atoms with Gasteiger partial charge in [-0.1, -0.05) is 0 Å². The van der Waals surface area contributed by atoms with Crippen molar-refractivity contribution in [3.05, 3.63) is 18.1 Å². The maximum absolute atomic E-state index is 8.39. The molecule has 0 radical (unpaired) electrons. The van der Waals surface area contributed by atoms with Crippen LogP contribution in [0.2, 0.25) is 0 Å². The molecule has 0 spiro atoms. The average Bonchev–Trinajstić information content (AvgIpc) is 2.05. The molecule has 50 valence electrons. The van der Waals surface area contributed by atoms with Gasteiger partial charge in [-0.2, -0.15) is 5.26 Å². The largest absolute Gasteiger partial charge is 0.373 e. The van der Waals surface area contributed by atoms with Crippen LogP contribution in [0.3, 0.4) is 0 Å². The number of hydrogen-bond donors (Lipinski definition) is 1. The standard InChI is InChI=1S/C6H6N4/c1-8-6-2-5(3-7)9-4-10-6/h2,4H,1H3,(H,8,9,10). The third-order valence-electron chi connectivity index (χ3n) is 1.04. The maximum atomic E-state index is 8.39. The fourth-order valence-electron chi connectivity index (χ4n) is 0.555. The van der Waals surface area contributed by atoms with Gasteiger partial charge in [0.15, 0.2) is 0 Å². The van der Waals surface area contributed by atoms with Gasteiger partial charge in [0.1, 0.15) is 23.9 Å². The van der Waals surface area contributed by atoms with Gasteiger partial charge in [0, 0.05) is 13.1 Å². The van der Waals surface area contributed by atoms with E-state index in [9.17, 15) is 0 Å². The first-order valence-corrected chi connectivity index (χ1v) is 2.76. The van der Waals surface area contributed by atoms with Gasteiger partial charge in [0.2, 0.25) is 0 Å². The van der Waals surface area contributed by atoms with Crippen molar-refractivity contribution in [1.29, 1.82) is 5.26 Å². The average molecular weight is 134 g/mol. The van der Waals surface area contributed by atoms with Crippen molar-refractivity contribution < 1.29 is 0 Å². The van der Waals surface area contributed by atoms with E-state index in [0.29, 0.717) is 11.5 Å². The fraction of sp³-hybridized carbons (Fsp3) is 0.167.